The van der Waals surface area contributed by atoms with Gasteiger partial charge in [-0.3, -0.25) is 11.1 Å². The fraction of sp³-hybridized carbons (Fsp3) is 1.00. The maximum atomic E-state index is 8.98. The van der Waals surface area contributed by atoms with E-state index in [-0.39, 0.29) is 0 Å². The molecule has 5 heteroatoms. The van der Waals surface area contributed by atoms with Crippen molar-refractivity contribution in [2.24, 2.45) is 11.7 Å². The molecule has 2 atom stereocenters. The van der Waals surface area contributed by atoms with E-state index in [1.807, 2.05) is 0 Å². The van der Waals surface area contributed by atoms with E-state index in [4.69, 9.17) is 15.9 Å². The van der Waals surface area contributed by atoms with E-state index in [1.165, 1.54) is 0 Å². The summed E-state index contributed by atoms with van der Waals surface area (Å²) in [6.07, 6.45) is 2.36. The molecule has 1 fully saturated rings. The van der Waals surface area contributed by atoms with Crippen molar-refractivity contribution in [1.29, 1.82) is 0 Å². The third kappa shape index (κ3) is 5.44. The molecule has 0 spiro atoms. The Bertz CT molecular complexity index is 167. The number of nitrogens with two attached hydrogens (primary N) is 1. The summed E-state index contributed by atoms with van der Waals surface area (Å²) in [5.41, 5.74) is 5.14. The molecule has 0 aliphatic carbocycles. The van der Waals surface area contributed by atoms with Gasteiger partial charge in [-0.1, -0.05) is 0 Å². The lowest BCUT2D eigenvalue weighted by molar-refractivity contribution is 0.143. The van der Waals surface area contributed by atoms with Gasteiger partial charge in [0, 0.05) is 13.2 Å². The Balaban J connectivity index is 1.92. The molecule has 0 bridgehead atoms. The summed E-state index contributed by atoms with van der Waals surface area (Å²) < 4.78 is 0. The van der Waals surface area contributed by atoms with Gasteiger partial charge in [-0.25, -0.2) is 0 Å². The highest BCUT2D eigenvalue weighted by Gasteiger charge is 2.20. The average Bonchev–Trinajstić information content (AvgIpc) is 2.65. The molecule has 0 aromatic rings. The second kappa shape index (κ2) is 7.14. The van der Waals surface area contributed by atoms with E-state index in [0.717, 1.165) is 45.4 Å². The van der Waals surface area contributed by atoms with Crippen LogP contribution in [0.4, 0.5) is 0 Å². The van der Waals surface area contributed by atoms with Crippen molar-refractivity contribution in [2.45, 2.75) is 25.6 Å². The number of likely N-dealkylation sites (tertiary alicyclic amines) is 1. The number of nitrogens with one attached hydrogen (secondary N) is 1. The van der Waals surface area contributed by atoms with Crippen LogP contribution in [0.25, 0.3) is 0 Å². The summed E-state index contributed by atoms with van der Waals surface area (Å²) in [6.45, 7) is 4.30. The van der Waals surface area contributed by atoms with Crippen LogP contribution >= 0.6 is 0 Å². The van der Waals surface area contributed by atoms with E-state index in [1.54, 1.807) is 0 Å². The van der Waals surface area contributed by atoms with Crippen LogP contribution in [0.2, 0.25) is 0 Å². The number of rotatable bonds is 7. The maximum absolute atomic E-state index is 8.98. The van der Waals surface area contributed by atoms with Crippen LogP contribution < -0.4 is 11.1 Å². The lowest BCUT2D eigenvalue weighted by atomic mass is 10.1. The summed E-state index contributed by atoms with van der Waals surface area (Å²) in [5.74, 6) is 0.481. The average molecular weight is 217 g/mol. The predicted molar refractivity (Wildman–Crippen MR) is 59.1 cm³/mol. The van der Waals surface area contributed by atoms with Crippen LogP contribution in [0, 0.1) is 5.92 Å². The summed E-state index contributed by atoms with van der Waals surface area (Å²) in [7, 11) is 0. The van der Waals surface area contributed by atoms with Gasteiger partial charge >= 0.3 is 0 Å². The Morgan fingerprint density at radius 3 is 2.87 bits per heavy atom. The Morgan fingerprint density at radius 2 is 2.27 bits per heavy atom. The smallest absolute Gasteiger partial charge is 0.157 e. The first-order valence-corrected chi connectivity index (χ1v) is 5.72. The minimum Gasteiger partial charge on any atom is -0.396 e. The van der Waals surface area contributed by atoms with E-state index in [0.29, 0.717) is 12.5 Å². The molecule has 1 heterocycles. The number of aliphatic hydroxyl groups excluding tert-OH is 2. The Labute approximate surface area is 91.3 Å². The normalized spacial score (nSPS) is 24.6. The van der Waals surface area contributed by atoms with Crippen LogP contribution in [0.15, 0.2) is 0 Å². The van der Waals surface area contributed by atoms with E-state index >= 15 is 0 Å². The van der Waals surface area contributed by atoms with Gasteiger partial charge in [0.1, 0.15) is 0 Å². The molecule has 0 aromatic heterocycles. The number of unbranched alkanes of at least 4 members (excludes halogenated alkanes) is 1. The number of nitrogens with zero attached hydrogens (tertiary/aromatic N) is 1. The lowest BCUT2D eigenvalue weighted by Crippen LogP contribution is -2.37. The predicted octanol–water partition coefficient (Wildman–Crippen LogP) is -1.09. The Morgan fingerprint density at radius 1 is 1.47 bits per heavy atom. The minimum atomic E-state index is -0.893. The zero-order chi connectivity index (χ0) is 11.1. The monoisotopic (exact) mass is 217 g/mol. The van der Waals surface area contributed by atoms with Gasteiger partial charge in [0.15, 0.2) is 6.35 Å². The van der Waals surface area contributed by atoms with E-state index in [9.17, 15) is 0 Å². The molecule has 5 nitrogen and oxygen atoms in total. The van der Waals surface area contributed by atoms with E-state index < -0.39 is 6.35 Å². The van der Waals surface area contributed by atoms with Crippen molar-refractivity contribution in [3.8, 4) is 0 Å². The van der Waals surface area contributed by atoms with Gasteiger partial charge < -0.3 is 15.1 Å². The highest BCUT2D eigenvalue weighted by molar-refractivity contribution is 4.74. The maximum Gasteiger partial charge on any atom is 0.157 e. The lowest BCUT2D eigenvalue weighted by Gasteiger charge is -2.15. The van der Waals surface area contributed by atoms with Crippen LogP contribution in [-0.2, 0) is 0 Å². The highest BCUT2D eigenvalue weighted by atomic mass is 16.3. The molecule has 1 saturated heterocycles. The van der Waals surface area contributed by atoms with Crippen molar-refractivity contribution >= 4 is 0 Å². The molecule has 1 rings (SSSR count). The zero-order valence-corrected chi connectivity index (χ0v) is 9.23. The first-order chi connectivity index (χ1) is 7.22. The molecule has 5 N–H and O–H groups in total. The molecular formula is C10H23N3O2. The van der Waals surface area contributed by atoms with Crippen LogP contribution in [0.5, 0.6) is 0 Å². The fourth-order valence-electron chi connectivity index (χ4n) is 1.98. The van der Waals surface area contributed by atoms with Crippen LogP contribution in [0.3, 0.4) is 0 Å². The standard InChI is InChI=1S/C10H23N3O2/c11-10(15)12-4-1-2-5-13-6-3-9(7-13)8-14/h9-10,12,14-15H,1-8,11H2. The topological polar surface area (TPSA) is 81.8 Å². The molecule has 2 unspecified atom stereocenters. The molecular weight excluding hydrogens is 194 g/mol. The van der Waals surface area contributed by atoms with Crippen molar-refractivity contribution in [3.63, 3.8) is 0 Å². The molecule has 1 aliphatic rings. The second-order valence-electron chi connectivity index (χ2n) is 4.24. The van der Waals surface area contributed by atoms with Crippen molar-refractivity contribution in [3.05, 3.63) is 0 Å². The molecule has 1 aliphatic heterocycles. The van der Waals surface area contributed by atoms with Gasteiger partial charge in [-0.2, -0.15) is 0 Å². The largest absolute Gasteiger partial charge is 0.396 e. The number of hydrogen-bond acceptors (Lipinski definition) is 5. The third-order valence-corrected chi connectivity index (χ3v) is 2.88. The fourth-order valence-corrected chi connectivity index (χ4v) is 1.98. The number of aliphatic hydroxyl groups is 2. The summed E-state index contributed by atoms with van der Waals surface area (Å²) in [6, 6.07) is 0. The Hall–Kier alpha value is -0.200. The first-order valence-electron chi connectivity index (χ1n) is 5.72. The molecule has 0 radical (unpaired) electrons. The molecule has 0 aromatic carbocycles. The third-order valence-electron chi connectivity index (χ3n) is 2.88. The van der Waals surface area contributed by atoms with Crippen molar-refractivity contribution in [1.82, 2.24) is 10.2 Å². The van der Waals surface area contributed by atoms with Gasteiger partial charge in [-0.05, 0) is 44.8 Å². The van der Waals surface area contributed by atoms with Gasteiger partial charge in [0.2, 0.25) is 0 Å². The van der Waals surface area contributed by atoms with E-state index in [2.05, 4.69) is 10.2 Å². The summed E-state index contributed by atoms with van der Waals surface area (Å²) >= 11 is 0. The SMILES string of the molecule is NC(O)NCCCCN1CCC(CO)C1. The first kappa shape index (κ1) is 12.9. The Kier molecular flexibility index (Phi) is 6.12. The van der Waals surface area contributed by atoms with Crippen LogP contribution in [-0.4, -0.2) is 54.3 Å². The molecule has 15 heavy (non-hydrogen) atoms. The summed E-state index contributed by atoms with van der Waals surface area (Å²) in [4.78, 5) is 2.39. The quantitative estimate of drug-likeness (QED) is 0.322. The molecule has 90 valence electrons. The molecule has 0 saturated carbocycles. The highest BCUT2D eigenvalue weighted by Crippen LogP contribution is 2.15. The van der Waals surface area contributed by atoms with Crippen molar-refractivity contribution < 1.29 is 10.2 Å². The minimum absolute atomic E-state index is 0.317. The van der Waals surface area contributed by atoms with Crippen molar-refractivity contribution in [2.75, 3.05) is 32.8 Å². The molecule has 0 amide bonds. The van der Waals surface area contributed by atoms with Crippen LogP contribution in [0.1, 0.15) is 19.3 Å². The second-order valence-corrected chi connectivity index (χ2v) is 4.24. The van der Waals surface area contributed by atoms with Gasteiger partial charge in [0.05, 0.1) is 0 Å². The number of hydrogen-bond donors (Lipinski definition) is 4. The zero-order valence-electron chi connectivity index (χ0n) is 9.23. The summed E-state index contributed by atoms with van der Waals surface area (Å²) in [5, 5.41) is 20.5. The van der Waals surface area contributed by atoms with Gasteiger partial charge in [0.25, 0.3) is 0 Å². The van der Waals surface area contributed by atoms with Gasteiger partial charge in [-0.15, -0.1) is 0 Å².